The van der Waals surface area contributed by atoms with Gasteiger partial charge >= 0.3 is 0 Å². The third-order valence-corrected chi connectivity index (χ3v) is 4.81. The fourth-order valence-corrected chi connectivity index (χ4v) is 4.60. The molecule has 0 bridgehead atoms. The minimum absolute atomic E-state index is 0.0300. The molecule has 2 rings (SSSR count). The summed E-state index contributed by atoms with van der Waals surface area (Å²) in [6, 6.07) is 3.97. The fraction of sp³-hybridized carbons (Fsp3) is 0.417. The highest BCUT2D eigenvalue weighted by atomic mass is 79.9. The third kappa shape index (κ3) is 3.35. The van der Waals surface area contributed by atoms with E-state index in [1.807, 2.05) is 12.1 Å². The van der Waals surface area contributed by atoms with Crippen molar-refractivity contribution in [2.75, 3.05) is 5.32 Å². The maximum absolute atomic E-state index is 12.1. The molecule has 0 aromatic heterocycles. The highest BCUT2D eigenvalue weighted by Crippen LogP contribution is 2.35. The molecule has 1 aliphatic carbocycles. The summed E-state index contributed by atoms with van der Waals surface area (Å²) >= 11 is 10.3. The van der Waals surface area contributed by atoms with Gasteiger partial charge in [-0.1, -0.05) is 15.9 Å². The predicted molar refractivity (Wildman–Crippen MR) is 83.5 cm³/mol. The van der Waals surface area contributed by atoms with Gasteiger partial charge in [-0.2, -0.15) is 0 Å². The summed E-state index contributed by atoms with van der Waals surface area (Å²) in [6.07, 6.45) is 2.58. The van der Waals surface area contributed by atoms with E-state index in [0.29, 0.717) is 0 Å². The van der Waals surface area contributed by atoms with E-state index in [-0.39, 0.29) is 17.9 Å². The van der Waals surface area contributed by atoms with Crippen molar-refractivity contribution >= 4 is 59.4 Å². The molecule has 2 unspecified atom stereocenters. The van der Waals surface area contributed by atoms with Crippen molar-refractivity contribution in [3.8, 4) is 0 Å². The highest BCUT2D eigenvalue weighted by molar-refractivity contribution is 9.11. The molecule has 0 heterocycles. The van der Waals surface area contributed by atoms with Gasteiger partial charge in [0.2, 0.25) is 5.91 Å². The average molecular weight is 441 g/mol. The first-order valence-electron chi connectivity index (χ1n) is 5.68. The number of rotatable bonds is 2. The minimum Gasteiger partial charge on any atom is -0.328 e. The maximum Gasteiger partial charge on any atom is 0.227 e. The van der Waals surface area contributed by atoms with Gasteiger partial charge in [-0.05, 0) is 63.3 Å². The summed E-state index contributed by atoms with van der Waals surface area (Å²) in [6.45, 7) is 0. The van der Waals surface area contributed by atoms with Gasteiger partial charge in [-0.25, -0.2) is 0 Å². The Morgan fingerprint density at radius 1 is 1.22 bits per heavy atom. The zero-order chi connectivity index (χ0) is 13.3. The van der Waals surface area contributed by atoms with Crippen LogP contribution in [0, 0.1) is 5.92 Å². The van der Waals surface area contributed by atoms with E-state index < -0.39 is 0 Å². The molecule has 98 valence electrons. The molecular weight excluding hydrogens is 428 g/mol. The lowest BCUT2D eigenvalue weighted by atomic mass is 10.1. The van der Waals surface area contributed by atoms with Crippen LogP contribution in [0.5, 0.6) is 0 Å². The number of anilines is 1. The average Bonchev–Trinajstić information content (AvgIpc) is 2.70. The van der Waals surface area contributed by atoms with E-state index in [1.165, 1.54) is 0 Å². The van der Waals surface area contributed by atoms with Gasteiger partial charge in [0, 0.05) is 25.4 Å². The Kier molecular flexibility index (Phi) is 4.86. The van der Waals surface area contributed by atoms with Crippen molar-refractivity contribution < 1.29 is 4.79 Å². The SMILES string of the molecule is NC1CCC(C(=O)Nc2c(Br)cc(Br)cc2Br)C1. The van der Waals surface area contributed by atoms with E-state index >= 15 is 0 Å². The first-order valence-corrected chi connectivity index (χ1v) is 8.06. The third-order valence-electron chi connectivity index (χ3n) is 3.10. The van der Waals surface area contributed by atoms with Crippen LogP contribution in [0.1, 0.15) is 19.3 Å². The standard InChI is InChI=1S/C12H13Br3N2O/c13-7-4-9(14)11(10(15)5-7)17-12(18)6-1-2-8(16)3-6/h4-6,8H,1-3,16H2,(H,17,18). The summed E-state index contributed by atoms with van der Waals surface area (Å²) in [5.41, 5.74) is 6.60. The molecular formula is C12H13Br3N2O. The first kappa shape index (κ1) is 14.5. The van der Waals surface area contributed by atoms with Crippen molar-refractivity contribution in [3.63, 3.8) is 0 Å². The monoisotopic (exact) mass is 438 g/mol. The Balaban J connectivity index is 2.12. The topological polar surface area (TPSA) is 55.1 Å². The number of hydrogen-bond donors (Lipinski definition) is 2. The fourth-order valence-electron chi connectivity index (χ4n) is 2.14. The number of carbonyl (C=O) groups excluding carboxylic acids is 1. The molecule has 18 heavy (non-hydrogen) atoms. The Hall–Kier alpha value is 0.0900. The van der Waals surface area contributed by atoms with E-state index in [4.69, 9.17) is 5.73 Å². The number of benzene rings is 1. The summed E-state index contributed by atoms with van der Waals surface area (Å²) in [7, 11) is 0. The lowest BCUT2D eigenvalue weighted by molar-refractivity contribution is -0.119. The van der Waals surface area contributed by atoms with Gasteiger partial charge in [0.1, 0.15) is 0 Å². The van der Waals surface area contributed by atoms with Crippen molar-refractivity contribution in [2.45, 2.75) is 25.3 Å². The molecule has 1 fully saturated rings. The highest BCUT2D eigenvalue weighted by Gasteiger charge is 2.28. The normalized spacial score (nSPS) is 23.1. The van der Waals surface area contributed by atoms with Gasteiger partial charge in [-0.3, -0.25) is 4.79 Å². The van der Waals surface area contributed by atoms with E-state index in [1.54, 1.807) is 0 Å². The Morgan fingerprint density at radius 3 is 2.33 bits per heavy atom. The summed E-state index contributed by atoms with van der Waals surface area (Å²) in [5.74, 6) is 0.0779. The quantitative estimate of drug-likeness (QED) is 0.729. The largest absolute Gasteiger partial charge is 0.328 e. The van der Waals surface area contributed by atoms with Crippen molar-refractivity contribution in [1.29, 1.82) is 0 Å². The molecule has 2 atom stereocenters. The van der Waals surface area contributed by atoms with E-state index in [0.717, 1.165) is 38.4 Å². The molecule has 0 saturated heterocycles. The number of carbonyl (C=O) groups is 1. The second-order valence-electron chi connectivity index (χ2n) is 4.50. The summed E-state index contributed by atoms with van der Waals surface area (Å²) in [5, 5.41) is 2.96. The lowest BCUT2D eigenvalue weighted by Gasteiger charge is -2.14. The molecule has 1 aliphatic rings. The van der Waals surface area contributed by atoms with Crippen molar-refractivity contribution in [1.82, 2.24) is 0 Å². The zero-order valence-corrected chi connectivity index (χ0v) is 14.3. The molecule has 3 nitrogen and oxygen atoms in total. The molecule has 1 aromatic rings. The van der Waals surface area contributed by atoms with Crippen molar-refractivity contribution in [3.05, 3.63) is 25.6 Å². The first-order chi connectivity index (χ1) is 8.47. The van der Waals surface area contributed by atoms with Gasteiger partial charge in [-0.15, -0.1) is 0 Å². The number of hydrogen-bond acceptors (Lipinski definition) is 2. The van der Waals surface area contributed by atoms with Crippen LogP contribution < -0.4 is 11.1 Å². The minimum atomic E-state index is 0.0300. The second kappa shape index (κ2) is 6.03. The van der Waals surface area contributed by atoms with Crippen LogP contribution in [-0.2, 0) is 4.79 Å². The Morgan fingerprint density at radius 2 is 1.83 bits per heavy atom. The number of nitrogens with two attached hydrogens (primary N) is 1. The maximum atomic E-state index is 12.1. The van der Waals surface area contributed by atoms with Crippen LogP contribution in [0.3, 0.4) is 0 Å². The molecule has 0 radical (unpaired) electrons. The molecule has 6 heteroatoms. The van der Waals surface area contributed by atoms with Crippen LogP contribution in [0.25, 0.3) is 0 Å². The van der Waals surface area contributed by atoms with E-state index in [9.17, 15) is 4.79 Å². The molecule has 1 saturated carbocycles. The Labute approximate surface area is 131 Å². The molecule has 1 aromatic carbocycles. The molecule has 0 aliphatic heterocycles. The zero-order valence-electron chi connectivity index (χ0n) is 9.55. The van der Waals surface area contributed by atoms with Crippen LogP contribution in [-0.4, -0.2) is 11.9 Å². The van der Waals surface area contributed by atoms with Gasteiger partial charge in [0.15, 0.2) is 0 Å². The summed E-state index contributed by atoms with van der Waals surface area (Å²) in [4.78, 5) is 12.1. The smallest absolute Gasteiger partial charge is 0.227 e. The van der Waals surface area contributed by atoms with Crippen LogP contribution in [0.2, 0.25) is 0 Å². The van der Waals surface area contributed by atoms with Crippen LogP contribution in [0.15, 0.2) is 25.6 Å². The van der Waals surface area contributed by atoms with Crippen LogP contribution in [0.4, 0.5) is 5.69 Å². The summed E-state index contributed by atoms with van der Waals surface area (Å²) < 4.78 is 2.64. The molecule has 0 spiro atoms. The van der Waals surface area contributed by atoms with E-state index in [2.05, 4.69) is 53.1 Å². The number of halogens is 3. The predicted octanol–water partition coefficient (Wildman–Crippen LogP) is 4.04. The van der Waals surface area contributed by atoms with Gasteiger partial charge in [0.05, 0.1) is 5.69 Å². The molecule has 1 amide bonds. The van der Waals surface area contributed by atoms with Crippen molar-refractivity contribution in [2.24, 2.45) is 11.7 Å². The number of nitrogens with one attached hydrogen (secondary N) is 1. The van der Waals surface area contributed by atoms with Crippen LogP contribution >= 0.6 is 47.8 Å². The second-order valence-corrected chi connectivity index (χ2v) is 7.13. The van der Waals surface area contributed by atoms with Gasteiger partial charge in [0.25, 0.3) is 0 Å². The lowest BCUT2D eigenvalue weighted by Crippen LogP contribution is -2.23. The number of amides is 1. The molecule has 3 N–H and O–H groups in total. The Bertz CT molecular complexity index is 455. The van der Waals surface area contributed by atoms with Gasteiger partial charge < -0.3 is 11.1 Å².